The summed E-state index contributed by atoms with van der Waals surface area (Å²) < 4.78 is 45.8. The highest BCUT2D eigenvalue weighted by molar-refractivity contribution is 7.91. The minimum atomic E-state index is -4.24. The van der Waals surface area contributed by atoms with Crippen LogP contribution in [-0.2, 0) is 24.2 Å². The first-order chi connectivity index (χ1) is 19.3. The molecule has 0 spiro atoms. The van der Waals surface area contributed by atoms with E-state index in [-0.39, 0.29) is 28.9 Å². The SMILES string of the molecule is O=C(CCCCCCOc1ccc(C=CC(=O)OCCOc2no[n+]([O-])c2S(=O)(=O)c2ccccc2)cc1)NO. The zero-order chi connectivity index (χ0) is 28.8. The summed E-state index contributed by atoms with van der Waals surface area (Å²) in [6.45, 7) is 0.0210. The first-order valence-electron chi connectivity index (χ1n) is 12.3. The molecule has 0 saturated heterocycles. The quantitative estimate of drug-likeness (QED) is 0.0640. The predicted molar refractivity (Wildman–Crippen MR) is 138 cm³/mol. The van der Waals surface area contributed by atoms with E-state index >= 15 is 0 Å². The molecule has 1 heterocycles. The molecule has 1 aromatic heterocycles. The van der Waals surface area contributed by atoms with Crippen LogP contribution in [0.25, 0.3) is 6.08 Å². The third-order valence-corrected chi connectivity index (χ3v) is 7.13. The summed E-state index contributed by atoms with van der Waals surface area (Å²) in [5.74, 6) is -0.906. The molecule has 1 amide bonds. The Kier molecular flexibility index (Phi) is 11.5. The van der Waals surface area contributed by atoms with Crippen LogP contribution in [0, 0.1) is 5.21 Å². The van der Waals surface area contributed by atoms with Crippen molar-refractivity contribution in [2.45, 2.75) is 42.0 Å². The van der Waals surface area contributed by atoms with Crippen LogP contribution in [0.5, 0.6) is 11.6 Å². The largest absolute Gasteiger partial charge is 0.494 e. The topological polar surface area (TPSA) is 181 Å². The molecule has 3 aromatic rings. The summed E-state index contributed by atoms with van der Waals surface area (Å²) >= 11 is 0. The number of sulfone groups is 1. The molecule has 0 radical (unpaired) electrons. The molecule has 40 heavy (non-hydrogen) atoms. The Balaban J connectivity index is 1.37. The van der Waals surface area contributed by atoms with Gasteiger partial charge in [0, 0.05) is 12.5 Å². The zero-order valence-electron chi connectivity index (χ0n) is 21.4. The van der Waals surface area contributed by atoms with Crippen molar-refractivity contribution in [2.75, 3.05) is 19.8 Å². The summed E-state index contributed by atoms with van der Waals surface area (Å²) in [5.41, 5.74) is 2.34. The second-order valence-corrected chi connectivity index (χ2v) is 10.2. The Morgan fingerprint density at radius 3 is 2.42 bits per heavy atom. The van der Waals surface area contributed by atoms with Gasteiger partial charge in [-0.15, -0.1) is 0 Å². The number of amides is 1. The summed E-state index contributed by atoms with van der Waals surface area (Å²) in [6, 6.07) is 14.3. The van der Waals surface area contributed by atoms with Gasteiger partial charge in [-0.3, -0.25) is 14.6 Å². The van der Waals surface area contributed by atoms with E-state index in [0.29, 0.717) is 25.2 Å². The number of hydrogen-bond acceptors (Lipinski definition) is 11. The minimum Gasteiger partial charge on any atom is -0.494 e. The third-order valence-electron chi connectivity index (χ3n) is 5.40. The molecule has 2 N–H and O–H groups in total. The molecular formula is C26H29N3O10S. The highest BCUT2D eigenvalue weighted by atomic mass is 32.2. The lowest BCUT2D eigenvalue weighted by Gasteiger charge is -2.06. The van der Waals surface area contributed by atoms with Crippen LogP contribution in [0.2, 0.25) is 0 Å². The molecule has 0 bridgehead atoms. The van der Waals surface area contributed by atoms with Crippen molar-refractivity contribution in [1.29, 1.82) is 0 Å². The van der Waals surface area contributed by atoms with Crippen LogP contribution < -0.4 is 19.9 Å². The molecule has 214 valence electrons. The standard InChI is InChI=1S/C26H29N3O10S/c30-23(27-32)10-6-1-2-7-17-36-21-14-11-20(12-15-21)13-16-24(31)37-18-19-38-25-26(29(33)39-28-25)40(34,35)22-8-4-3-5-9-22/h3-5,8-9,11-16,32H,1-2,6-7,10,17-19H2,(H,27,30). The van der Waals surface area contributed by atoms with Crippen molar-refractivity contribution in [3.8, 4) is 11.6 Å². The maximum atomic E-state index is 12.7. The van der Waals surface area contributed by atoms with Gasteiger partial charge in [-0.2, -0.15) is 0 Å². The van der Waals surface area contributed by atoms with Crippen LogP contribution in [-0.4, -0.2) is 50.5 Å². The van der Waals surface area contributed by atoms with Crippen molar-refractivity contribution in [3.63, 3.8) is 0 Å². The van der Waals surface area contributed by atoms with Crippen LogP contribution in [0.3, 0.4) is 0 Å². The Morgan fingerprint density at radius 1 is 0.975 bits per heavy atom. The van der Waals surface area contributed by atoms with Gasteiger partial charge in [-0.1, -0.05) is 43.2 Å². The van der Waals surface area contributed by atoms with E-state index in [9.17, 15) is 23.2 Å². The fraction of sp³-hybridized carbons (Fsp3) is 0.308. The van der Waals surface area contributed by atoms with E-state index in [2.05, 4.69) is 9.79 Å². The monoisotopic (exact) mass is 575 g/mol. The lowest BCUT2D eigenvalue weighted by atomic mass is 10.1. The van der Waals surface area contributed by atoms with Crippen LogP contribution in [0.15, 0.2) is 75.2 Å². The van der Waals surface area contributed by atoms with Gasteiger partial charge in [0.15, 0.2) is 0 Å². The smallest absolute Gasteiger partial charge is 0.415 e. The number of benzene rings is 2. The fourth-order valence-electron chi connectivity index (χ4n) is 3.40. The number of nitrogens with zero attached hydrogens (tertiary/aromatic N) is 2. The van der Waals surface area contributed by atoms with Crippen molar-refractivity contribution in [2.24, 2.45) is 0 Å². The van der Waals surface area contributed by atoms with E-state index in [1.54, 1.807) is 41.9 Å². The molecule has 0 aliphatic carbocycles. The lowest BCUT2D eigenvalue weighted by Crippen LogP contribution is -2.31. The van der Waals surface area contributed by atoms with Crippen molar-refractivity contribution in [1.82, 2.24) is 10.6 Å². The molecule has 0 fully saturated rings. The number of carbonyl (C=O) groups is 2. The number of nitrogens with one attached hydrogen (secondary N) is 1. The van der Waals surface area contributed by atoms with Gasteiger partial charge in [-0.05, 0) is 53.6 Å². The normalized spacial score (nSPS) is 11.3. The molecule has 3 rings (SSSR count). The third kappa shape index (κ3) is 9.10. The maximum absolute atomic E-state index is 12.7. The van der Waals surface area contributed by atoms with Gasteiger partial charge >= 0.3 is 16.9 Å². The molecular weight excluding hydrogens is 546 g/mol. The van der Waals surface area contributed by atoms with Crippen molar-refractivity contribution in [3.05, 3.63) is 71.4 Å². The first-order valence-corrected chi connectivity index (χ1v) is 13.8. The molecule has 0 aliphatic heterocycles. The highest BCUT2D eigenvalue weighted by Gasteiger charge is 2.35. The van der Waals surface area contributed by atoms with Gasteiger partial charge in [0.1, 0.15) is 19.0 Å². The van der Waals surface area contributed by atoms with Gasteiger partial charge in [0.2, 0.25) is 5.91 Å². The number of hydroxylamine groups is 1. The maximum Gasteiger partial charge on any atom is 0.415 e. The number of hydrogen-bond donors (Lipinski definition) is 2. The van der Waals surface area contributed by atoms with E-state index in [1.165, 1.54) is 30.3 Å². The second kappa shape index (κ2) is 15.2. The molecule has 0 saturated carbocycles. The minimum absolute atomic E-state index is 0.136. The Bertz CT molecular complexity index is 1370. The molecule has 0 unspecified atom stereocenters. The second-order valence-electron chi connectivity index (χ2n) is 8.32. The zero-order valence-corrected chi connectivity index (χ0v) is 22.2. The summed E-state index contributed by atoms with van der Waals surface area (Å²) in [4.78, 5) is 22.5. The molecule has 2 aromatic carbocycles. The number of ether oxygens (including phenoxy) is 3. The number of unbranched alkanes of at least 4 members (excludes halogenated alkanes) is 3. The van der Waals surface area contributed by atoms with Gasteiger partial charge in [-0.25, -0.2) is 18.7 Å². The van der Waals surface area contributed by atoms with Crippen LogP contribution in [0.4, 0.5) is 0 Å². The van der Waals surface area contributed by atoms with Crippen LogP contribution >= 0.6 is 0 Å². The summed E-state index contributed by atoms with van der Waals surface area (Å²) in [6.07, 6.45) is 6.36. The Labute approximate surface area is 230 Å². The summed E-state index contributed by atoms with van der Waals surface area (Å²) in [7, 11) is -4.24. The van der Waals surface area contributed by atoms with E-state index in [1.807, 2.05) is 0 Å². The van der Waals surface area contributed by atoms with Gasteiger partial charge < -0.3 is 19.4 Å². The highest BCUT2D eigenvalue weighted by Crippen LogP contribution is 2.24. The molecule has 14 heteroatoms. The molecule has 0 aliphatic rings. The van der Waals surface area contributed by atoms with Crippen molar-refractivity contribution >= 4 is 27.8 Å². The molecule has 13 nitrogen and oxygen atoms in total. The summed E-state index contributed by atoms with van der Waals surface area (Å²) in [5, 5.41) is 22.9. The van der Waals surface area contributed by atoms with E-state index in [4.69, 9.17) is 19.4 Å². The number of aromatic nitrogens is 2. The predicted octanol–water partition coefficient (Wildman–Crippen LogP) is 2.61. The number of esters is 1. The Morgan fingerprint density at radius 2 is 1.70 bits per heavy atom. The van der Waals surface area contributed by atoms with E-state index in [0.717, 1.165) is 24.8 Å². The number of rotatable bonds is 16. The van der Waals surface area contributed by atoms with E-state index < -0.39 is 26.7 Å². The van der Waals surface area contributed by atoms with Crippen molar-refractivity contribution < 1.29 is 47.0 Å². The average molecular weight is 576 g/mol. The number of carbonyl (C=O) groups excluding carboxylic acids is 2. The Hall–Kier alpha value is -4.43. The van der Waals surface area contributed by atoms with Gasteiger partial charge in [0.25, 0.3) is 9.84 Å². The average Bonchev–Trinajstić information content (AvgIpc) is 3.35. The van der Waals surface area contributed by atoms with Crippen LogP contribution in [0.1, 0.15) is 37.7 Å². The van der Waals surface area contributed by atoms with Gasteiger partial charge in [0.05, 0.1) is 16.7 Å². The lowest BCUT2D eigenvalue weighted by molar-refractivity contribution is -0.832. The first kappa shape index (κ1) is 30.1. The fourth-order valence-corrected chi connectivity index (χ4v) is 4.69. The molecule has 0 atom stereocenters.